The normalized spacial score (nSPS) is 13.8. The number of hydrogen-bond donors (Lipinski definition) is 2. The standard InChI is InChI=1S/C39H37N3O7S/c1-37(2,3)49-35(45)31-25(21-22-30-33(31)48-38(4,5)47-30)23-46-42-32(34(43)44)29-24-50-36(40-29)41-39(26-15-9-6-10-16-26,27-17-11-7-12-18-27)28-19-13-8-14-20-28/h6-22,24H,23H2,1-5H3,(H,40,41)(H,43,44)/b42-32-. The van der Waals surface area contributed by atoms with Gasteiger partial charge in [0.2, 0.25) is 11.5 Å². The van der Waals surface area contributed by atoms with Gasteiger partial charge in [-0.1, -0.05) is 102 Å². The predicted molar refractivity (Wildman–Crippen MR) is 191 cm³/mol. The summed E-state index contributed by atoms with van der Waals surface area (Å²) >= 11 is 1.25. The minimum Gasteiger partial charge on any atom is -0.476 e. The lowest BCUT2D eigenvalue weighted by Crippen LogP contribution is -2.38. The number of anilines is 1. The zero-order valence-corrected chi connectivity index (χ0v) is 29.1. The number of nitrogens with one attached hydrogen (secondary N) is 1. The third-order valence-electron chi connectivity index (χ3n) is 7.75. The van der Waals surface area contributed by atoms with Crippen LogP contribution in [0.4, 0.5) is 5.13 Å². The van der Waals surface area contributed by atoms with Crippen LogP contribution in [-0.4, -0.2) is 39.1 Å². The highest BCUT2D eigenvalue weighted by Gasteiger charge is 2.39. The molecule has 0 radical (unpaired) electrons. The Bertz CT molecular complexity index is 1920. The lowest BCUT2D eigenvalue weighted by Gasteiger charge is -2.36. The van der Waals surface area contributed by atoms with Gasteiger partial charge in [-0.3, -0.25) is 0 Å². The number of nitrogens with zero attached hydrogens (tertiary/aromatic N) is 2. The van der Waals surface area contributed by atoms with Gasteiger partial charge in [-0.25, -0.2) is 14.6 Å². The number of thiazole rings is 1. The van der Waals surface area contributed by atoms with Crippen LogP contribution in [0.15, 0.2) is 114 Å². The molecule has 0 saturated carbocycles. The molecule has 0 spiro atoms. The van der Waals surface area contributed by atoms with Gasteiger partial charge in [0.05, 0.1) is 0 Å². The van der Waals surface area contributed by atoms with Crippen molar-refractivity contribution in [1.82, 2.24) is 4.98 Å². The number of carbonyl (C=O) groups is 2. The summed E-state index contributed by atoms with van der Waals surface area (Å²) in [6, 6.07) is 33.3. The van der Waals surface area contributed by atoms with Crippen LogP contribution in [0.3, 0.4) is 0 Å². The molecule has 5 aromatic rings. The number of carboxylic acids is 1. The Balaban J connectivity index is 1.32. The molecule has 6 rings (SSSR count). The van der Waals surface area contributed by atoms with E-state index in [-0.39, 0.29) is 23.6 Å². The van der Waals surface area contributed by atoms with Crippen molar-refractivity contribution in [1.29, 1.82) is 0 Å². The van der Waals surface area contributed by atoms with E-state index in [0.717, 1.165) is 16.7 Å². The molecule has 0 fully saturated rings. The summed E-state index contributed by atoms with van der Waals surface area (Å²) in [6.45, 7) is 8.48. The zero-order chi connectivity index (χ0) is 35.5. The van der Waals surface area contributed by atoms with Crippen molar-refractivity contribution in [2.45, 2.75) is 58.2 Å². The van der Waals surface area contributed by atoms with Crippen LogP contribution in [0.25, 0.3) is 0 Å². The largest absolute Gasteiger partial charge is 0.476 e. The molecule has 0 amide bonds. The van der Waals surface area contributed by atoms with Gasteiger partial charge < -0.3 is 29.5 Å². The number of benzene rings is 4. The second kappa shape index (κ2) is 13.7. The predicted octanol–water partition coefficient (Wildman–Crippen LogP) is 8.02. The van der Waals surface area contributed by atoms with E-state index in [0.29, 0.717) is 16.4 Å². The molecular formula is C39H37N3O7S. The third-order valence-corrected chi connectivity index (χ3v) is 8.51. The molecule has 11 heteroatoms. The van der Waals surface area contributed by atoms with Gasteiger partial charge in [0.15, 0.2) is 16.6 Å². The Morgan fingerprint density at radius 2 is 1.42 bits per heavy atom. The summed E-state index contributed by atoms with van der Waals surface area (Å²) in [4.78, 5) is 36.1. The van der Waals surface area contributed by atoms with E-state index in [2.05, 4.69) is 15.5 Å². The first-order valence-corrected chi connectivity index (χ1v) is 16.9. The van der Waals surface area contributed by atoms with Crippen LogP contribution < -0.4 is 14.8 Å². The van der Waals surface area contributed by atoms with E-state index in [1.165, 1.54) is 11.3 Å². The van der Waals surface area contributed by atoms with E-state index in [1.807, 2.05) is 91.0 Å². The fraction of sp³-hybridized carbons (Fsp3) is 0.231. The van der Waals surface area contributed by atoms with Gasteiger partial charge in [-0.05, 0) is 43.5 Å². The lowest BCUT2D eigenvalue weighted by molar-refractivity contribution is -0.129. The smallest absolute Gasteiger partial charge is 0.360 e. The number of hydrogen-bond acceptors (Lipinski definition) is 10. The van der Waals surface area contributed by atoms with Crippen molar-refractivity contribution >= 4 is 34.1 Å². The Kier molecular flexibility index (Phi) is 9.35. The Hall–Kier alpha value is -5.68. The third kappa shape index (κ3) is 7.18. The van der Waals surface area contributed by atoms with Gasteiger partial charge in [-0.2, -0.15) is 0 Å². The van der Waals surface area contributed by atoms with Crippen molar-refractivity contribution in [3.8, 4) is 11.5 Å². The van der Waals surface area contributed by atoms with Gasteiger partial charge >= 0.3 is 11.9 Å². The average Bonchev–Trinajstić information content (AvgIpc) is 3.67. The van der Waals surface area contributed by atoms with Gasteiger partial charge in [0, 0.05) is 24.8 Å². The molecule has 2 N–H and O–H groups in total. The molecule has 256 valence electrons. The molecule has 4 aromatic carbocycles. The van der Waals surface area contributed by atoms with Gasteiger partial charge in [0.25, 0.3) is 0 Å². The highest BCUT2D eigenvalue weighted by atomic mass is 32.1. The second-order valence-electron chi connectivity index (χ2n) is 13.1. The number of aromatic nitrogens is 1. The molecule has 1 aliphatic rings. The molecule has 1 aliphatic heterocycles. The molecule has 0 bridgehead atoms. The van der Waals surface area contributed by atoms with E-state index in [1.54, 1.807) is 52.1 Å². The fourth-order valence-electron chi connectivity index (χ4n) is 5.73. The van der Waals surface area contributed by atoms with Crippen LogP contribution in [-0.2, 0) is 26.5 Å². The number of carboxylic acid groups (broad SMARTS) is 1. The maximum absolute atomic E-state index is 13.3. The monoisotopic (exact) mass is 691 g/mol. The van der Waals surface area contributed by atoms with Crippen LogP contribution in [0, 0.1) is 0 Å². The van der Waals surface area contributed by atoms with Crippen LogP contribution in [0.5, 0.6) is 11.5 Å². The molecular weight excluding hydrogens is 655 g/mol. The van der Waals surface area contributed by atoms with Crippen LogP contribution in [0.2, 0.25) is 0 Å². The first-order chi connectivity index (χ1) is 23.9. The van der Waals surface area contributed by atoms with Crippen LogP contribution in [0.1, 0.15) is 72.9 Å². The number of rotatable bonds is 11. The van der Waals surface area contributed by atoms with E-state index in [4.69, 9.17) is 19.0 Å². The highest BCUT2D eigenvalue weighted by Crippen LogP contribution is 2.44. The summed E-state index contributed by atoms with van der Waals surface area (Å²) in [5, 5.41) is 19.9. The molecule has 10 nitrogen and oxygen atoms in total. The molecule has 1 aromatic heterocycles. The first kappa shape index (κ1) is 34.2. The maximum atomic E-state index is 13.3. The highest BCUT2D eigenvalue weighted by molar-refractivity contribution is 7.14. The number of oxime groups is 1. The summed E-state index contributed by atoms with van der Waals surface area (Å²) < 4.78 is 17.4. The topological polar surface area (TPSA) is 129 Å². The van der Waals surface area contributed by atoms with Crippen molar-refractivity contribution in [2.24, 2.45) is 5.16 Å². The number of aliphatic carboxylic acids is 1. The van der Waals surface area contributed by atoms with E-state index >= 15 is 0 Å². The fourth-order valence-corrected chi connectivity index (χ4v) is 6.48. The zero-order valence-electron chi connectivity index (χ0n) is 28.3. The summed E-state index contributed by atoms with van der Waals surface area (Å²) in [5.74, 6) is -2.35. The van der Waals surface area contributed by atoms with Crippen LogP contribution >= 0.6 is 11.3 Å². The molecule has 2 heterocycles. The minimum absolute atomic E-state index is 0.105. The quantitative estimate of drug-likeness (QED) is 0.0613. The van der Waals surface area contributed by atoms with Gasteiger partial charge in [0.1, 0.15) is 29.0 Å². The molecule has 50 heavy (non-hydrogen) atoms. The number of fused-ring (bicyclic) bond motifs is 1. The summed E-state index contributed by atoms with van der Waals surface area (Å²) in [6.07, 6.45) is 0. The Morgan fingerprint density at radius 3 is 1.94 bits per heavy atom. The summed E-state index contributed by atoms with van der Waals surface area (Å²) in [5.41, 5.74) is 1.47. The SMILES string of the molecule is CC(C)(C)OC(=O)c1c(CO/N=C(\C(=O)O)c2csc(NC(c3ccccc3)(c3ccccc3)c3ccccc3)n2)ccc2c1OC(C)(C)O2. The average molecular weight is 692 g/mol. The minimum atomic E-state index is -1.33. The molecule has 0 atom stereocenters. The Labute approximate surface area is 294 Å². The number of ether oxygens (including phenoxy) is 3. The van der Waals surface area contributed by atoms with Gasteiger partial charge in [-0.15, -0.1) is 11.3 Å². The first-order valence-electron chi connectivity index (χ1n) is 16.0. The lowest BCUT2D eigenvalue weighted by atomic mass is 9.77. The second-order valence-corrected chi connectivity index (χ2v) is 13.9. The van der Waals surface area contributed by atoms with Crippen molar-refractivity contribution in [2.75, 3.05) is 5.32 Å². The molecule has 0 saturated heterocycles. The summed E-state index contributed by atoms with van der Waals surface area (Å²) in [7, 11) is 0. The van der Waals surface area contributed by atoms with E-state index < -0.39 is 34.6 Å². The van der Waals surface area contributed by atoms with Crippen molar-refractivity contribution < 1.29 is 33.7 Å². The molecule has 0 aliphatic carbocycles. The van der Waals surface area contributed by atoms with Crippen molar-refractivity contribution in [3.63, 3.8) is 0 Å². The number of esters is 1. The van der Waals surface area contributed by atoms with E-state index in [9.17, 15) is 14.7 Å². The van der Waals surface area contributed by atoms with Crippen molar-refractivity contribution in [3.05, 3.63) is 142 Å². The maximum Gasteiger partial charge on any atom is 0.360 e. The Morgan fingerprint density at radius 1 is 0.860 bits per heavy atom. The number of carbonyl (C=O) groups excluding carboxylic acids is 1. The molecule has 0 unspecified atom stereocenters.